The third-order valence-corrected chi connectivity index (χ3v) is 2.30. The summed E-state index contributed by atoms with van der Waals surface area (Å²) < 4.78 is 25.2. The van der Waals surface area contributed by atoms with Gasteiger partial charge < -0.3 is 0 Å². The van der Waals surface area contributed by atoms with E-state index in [0.29, 0.717) is 15.3 Å². The van der Waals surface area contributed by atoms with E-state index < -0.39 is 12.1 Å². The highest BCUT2D eigenvalue weighted by Gasteiger charge is 2.09. The second-order valence-corrected chi connectivity index (χ2v) is 3.40. The molecule has 0 aliphatic carbocycles. The molecular weight excluding hydrogens is 200 g/mol. The van der Waals surface area contributed by atoms with Crippen LogP contribution in [0.5, 0.6) is 0 Å². The van der Waals surface area contributed by atoms with Crippen molar-refractivity contribution in [2.24, 2.45) is 0 Å². The molecule has 0 fully saturated rings. The molecule has 0 bridgehead atoms. The quantitative estimate of drug-likeness (QED) is 0.707. The number of aromatic nitrogens is 1. The number of hydrogen-bond acceptors (Lipinski definition) is 1. The number of nitrogens with zero attached hydrogens (tertiary/aromatic N) is 1. The molecule has 4 heteroatoms. The van der Waals surface area contributed by atoms with E-state index in [1.807, 2.05) is 6.92 Å². The molecule has 78 valence electrons. The summed E-state index contributed by atoms with van der Waals surface area (Å²) in [6, 6.07) is 6.63. The highest BCUT2D eigenvalue weighted by atomic mass is 19.3. The van der Waals surface area contributed by atoms with Gasteiger partial charge in [0.15, 0.2) is 0 Å². The van der Waals surface area contributed by atoms with Gasteiger partial charge >= 0.3 is 6.55 Å². The topological polar surface area (TPSA) is 22.0 Å². The molecule has 0 unspecified atom stereocenters. The zero-order valence-electron chi connectivity index (χ0n) is 8.08. The van der Waals surface area contributed by atoms with E-state index in [-0.39, 0.29) is 0 Å². The Morgan fingerprint density at radius 3 is 2.67 bits per heavy atom. The van der Waals surface area contributed by atoms with Crippen molar-refractivity contribution in [1.29, 1.82) is 0 Å². The Morgan fingerprint density at radius 1 is 1.27 bits per heavy atom. The summed E-state index contributed by atoms with van der Waals surface area (Å²) in [6.07, 6.45) is 1.12. The predicted octanol–water partition coefficient (Wildman–Crippen LogP) is 2.71. The number of halogens is 2. The fourth-order valence-corrected chi connectivity index (χ4v) is 1.54. The zero-order chi connectivity index (χ0) is 11.0. The molecule has 0 amide bonds. The maximum Gasteiger partial charge on any atom is 0.321 e. The van der Waals surface area contributed by atoms with Gasteiger partial charge in [0, 0.05) is 11.6 Å². The van der Waals surface area contributed by atoms with Crippen molar-refractivity contribution in [1.82, 2.24) is 4.57 Å². The lowest BCUT2D eigenvalue weighted by Crippen LogP contribution is -2.19. The molecule has 1 heterocycles. The third-order valence-electron chi connectivity index (χ3n) is 2.30. The third kappa shape index (κ3) is 1.63. The summed E-state index contributed by atoms with van der Waals surface area (Å²) in [5.41, 5.74) is 0.346. The number of pyridine rings is 1. The molecule has 0 radical (unpaired) electrons. The van der Waals surface area contributed by atoms with Crippen molar-refractivity contribution >= 4 is 10.8 Å². The largest absolute Gasteiger partial charge is 0.321 e. The van der Waals surface area contributed by atoms with Gasteiger partial charge in [-0.15, -0.1) is 0 Å². The average Bonchev–Trinajstić information content (AvgIpc) is 2.17. The van der Waals surface area contributed by atoms with Gasteiger partial charge in [-0.05, 0) is 24.4 Å². The van der Waals surface area contributed by atoms with E-state index in [0.717, 1.165) is 11.8 Å². The van der Waals surface area contributed by atoms with Crippen LogP contribution >= 0.6 is 0 Å². The Balaban J connectivity index is 2.80. The second kappa shape index (κ2) is 3.46. The Labute approximate surface area is 84.8 Å². The van der Waals surface area contributed by atoms with E-state index in [4.69, 9.17) is 0 Å². The highest BCUT2D eigenvalue weighted by molar-refractivity contribution is 5.81. The van der Waals surface area contributed by atoms with Crippen LogP contribution in [0.2, 0.25) is 0 Å². The first kappa shape index (κ1) is 9.83. The number of benzene rings is 1. The molecule has 0 atom stereocenters. The normalized spacial score (nSPS) is 11.2. The van der Waals surface area contributed by atoms with Gasteiger partial charge in [-0.2, -0.15) is 8.78 Å². The molecule has 2 rings (SSSR count). The fourth-order valence-electron chi connectivity index (χ4n) is 1.54. The van der Waals surface area contributed by atoms with E-state index in [2.05, 4.69) is 0 Å². The van der Waals surface area contributed by atoms with Crippen LogP contribution in [-0.2, 0) is 0 Å². The Morgan fingerprint density at radius 2 is 2.00 bits per heavy atom. The molecule has 0 N–H and O–H groups in total. The van der Waals surface area contributed by atoms with Gasteiger partial charge in [0.25, 0.3) is 5.56 Å². The van der Waals surface area contributed by atoms with Crippen LogP contribution < -0.4 is 5.56 Å². The summed E-state index contributed by atoms with van der Waals surface area (Å²) in [5.74, 6) is 0. The number of alkyl halides is 2. The van der Waals surface area contributed by atoms with Crippen molar-refractivity contribution in [2.75, 3.05) is 0 Å². The van der Waals surface area contributed by atoms with Crippen molar-refractivity contribution < 1.29 is 8.78 Å². The molecular formula is C11H9F2NO. The van der Waals surface area contributed by atoms with Crippen LogP contribution in [0.3, 0.4) is 0 Å². The molecule has 0 saturated carbocycles. The molecule has 2 nitrogen and oxygen atoms in total. The van der Waals surface area contributed by atoms with Gasteiger partial charge in [-0.3, -0.25) is 9.36 Å². The van der Waals surface area contributed by atoms with E-state index in [1.165, 1.54) is 6.07 Å². The van der Waals surface area contributed by atoms with Crippen LogP contribution in [-0.4, -0.2) is 4.57 Å². The highest BCUT2D eigenvalue weighted by Crippen LogP contribution is 2.14. The minimum Gasteiger partial charge on any atom is -0.269 e. The molecule has 0 spiro atoms. The van der Waals surface area contributed by atoms with Crippen molar-refractivity contribution in [2.45, 2.75) is 13.5 Å². The minimum atomic E-state index is -2.79. The zero-order valence-corrected chi connectivity index (χ0v) is 8.08. The lowest BCUT2D eigenvalue weighted by atomic mass is 10.1. The van der Waals surface area contributed by atoms with Crippen LogP contribution in [0.4, 0.5) is 8.78 Å². The predicted molar refractivity (Wildman–Crippen MR) is 54.2 cm³/mol. The maximum absolute atomic E-state index is 12.4. The van der Waals surface area contributed by atoms with Gasteiger partial charge in [0.1, 0.15) is 0 Å². The molecule has 1 aromatic carbocycles. The number of hydrogen-bond donors (Lipinski definition) is 0. The molecule has 15 heavy (non-hydrogen) atoms. The van der Waals surface area contributed by atoms with Crippen LogP contribution in [0.25, 0.3) is 10.8 Å². The molecule has 0 saturated heterocycles. The minimum absolute atomic E-state index is 0.323. The van der Waals surface area contributed by atoms with Crippen molar-refractivity contribution in [3.63, 3.8) is 0 Å². The number of rotatable bonds is 1. The van der Waals surface area contributed by atoms with Crippen LogP contribution in [0.1, 0.15) is 12.1 Å². The summed E-state index contributed by atoms with van der Waals surface area (Å²) >= 11 is 0. The summed E-state index contributed by atoms with van der Waals surface area (Å²) in [5, 5.41) is 1.01. The molecule has 2 aromatic rings. The second-order valence-electron chi connectivity index (χ2n) is 3.40. The lowest BCUT2D eigenvalue weighted by Gasteiger charge is -2.05. The summed E-state index contributed by atoms with van der Waals surface area (Å²) in [4.78, 5) is 11.6. The van der Waals surface area contributed by atoms with Gasteiger partial charge in [-0.1, -0.05) is 17.7 Å². The van der Waals surface area contributed by atoms with Crippen molar-refractivity contribution in [3.8, 4) is 0 Å². The maximum atomic E-state index is 12.4. The first-order chi connectivity index (χ1) is 7.09. The fraction of sp³-hybridized carbons (Fsp3) is 0.182. The van der Waals surface area contributed by atoms with Gasteiger partial charge in [0.05, 0.1) is 0 Å². The van der Waals surface area contributed by atoms with Crippen LogP contribution in [0.15, 0.2) is 35.3 Å². The Hall–Kier alpha value is -1.71. The standard InChI is InChI=1S/C11H9F2NO/c1-7-2-3-9-8(6-7)4-5-14(10(9)15)11(12)13/h2-6,11H,1H3. The lowest BCUT2D eigenvalue weighted by molar-refractivity contribution is 0.0669. The summed E-state index contributed by atoms with van der Waals surface area (Å²) in [6.45, 7) is -0.902. The first-order valence-corrected chi connectivity index (χ1v) is 4.49. The monoisotopic (exact) mass is 209 g/mol. The average molecular weight is 209 g/mol. The molecule has 1 aromatic heterocycles. The van der Waals surface area contributed by atoms with Crippen LogP contribution in [0, 0.1) is 6.92 Å². The van der Waals surface area contributed by atoms with E-state index in [1.54, 1.807) is 18.2 Å². The summed E-state index contributed by atoms with van der Waals surface area (Å²) in [7, 11) is 0. The smallest absolute Gasteiger partial charge is 0.269 e. The first-order valence-electron chi connectivity index (χ1n) is 4.49. The Bertz CT molecular complexity index is 560. The number of fused-ring (bicyclic) bond motifs is 1. The van der Waals surface area contributed by atoms with E-state index in [9.17, 15) is 13.6 Å². The van der Waals surface area contributed by atoms with E-state index >= 15 is 0 Å². The molecule has 0 aliphatic rings. The molecule has 0 aliphatic heterocycles. The van der Waals surface area contributed by atoms with Gasteiger partial charge in [0.2, 0.25) is 0 Å². The van der Waals surface area contributed by atoms with Crippen molar-refractivity contribution in [3.05, 3.63) is 46.4 Å². The Kier molecular flexibility index (Phi) is 2.26. The SMILES string of the molecule is Cc1ccc2c(=O)n(C(F)F)ccc2c1. The number of aryl methyl sites for hydroxylation is 1. The van der Waals surface area contributed by atoms with Gasteiger partial charge in [-0.25, -0.2) is 0 Å².